The summed E-state index contributed by atoms with van der Waals surface area (Å²) in [6, 6.07) is 9.71. The zero-order chi connectivity index (χ0) is 23.5. The summed E-state index contributed by atoms with van der Waals surface area (Å²) >= 11 is 12.5. The van der Waals surface area contributed by atoms with E-state index in [1.807, 2.05) is 59.7 Å². The van der Waals surface area contributed by atoms with Gasteiger partial charge >= 0.3 is 0 Å². The van der Waals surface area contributed by atoms with Crippen LogP contribution >= 0.6 is 23.2 Å². The zero-order valence-electron chi connectivity index (χ0n) is 19.0. The molecule has 0 saturated carbocycles. The molecule has 0 radical (unpaired) electrons. The molecule has 0 fully saturated rings. The molecular weight excluding hydrogens is 448 g/mol. The molecule has 2 aromatic carbocycles. The number of aryl methyl sites for hydroxylation is 1. The number of fused-ring (bicyclic) bond motifs is 1. The number of anilines is 1. The molecule has 0 N–H and O–H groups in total. The van der Waals surface area contributed by atoms with Gasteiger partial charge in [-0.3, -0.25) is 14.4 Å². The number of carbonyl (C=O) groups is 1. The third-order valence-corrected chi connectivity index (χ3v) is 6.34. The Labute approximate surface area is 197 Å². The Bertz CT molecular complexity index is 1230. The summed E-state index contributed by atoms with van der Waals surface area (Å²) in [4.78, 5) is 15.5. The number of aromatic nitrogens is 2. The molecule has 168 valence electrons. The molecule has 3 aromatic rings. The fraction of sp³-hybridized carbons (Fsp3) is 0.360. The number of benzene rings is 2. The topological polar surface area (TPSA) is 38.1 Å². The fourth-order valence-corrected chi connectivity index (χ4v) is 4.67. The van der Waals surface area contributed by atoms with Crippen LogP contribution in [0.4, 0.5) is 10.1 Å². The third-order valence-electron chi connectivity index (χ3n) is 5.81. The standard InChI is InChI=1S/C25H26Cl2FN3O/c1-13(2)21-19-22(16-12-15(26)11-10-14(16)3)30(18-9-7-8-17(27)20(18)28)24(32)23(19)31(29-21)25(4,5)6/h7-13,22H,1-6H3. The average Bonchev–Trinajstić information content (AvgIpc) is 3.23. The van der Waals surface area contributed by atoms with E-state index >= 15 is 4.39 Å². The quantitative estimate of drug-likeness (QED) is 0.401. The maximum absolute atomic E-state index is 15.2. The molecule has 0 aliphatic carbocycles. The lowest BCUT2D eigenvalue weighted by atomic mass is 9.92. The lowest BCUT2D eigenvalue weighted by Gasteiger charge is -2.29. The van der Waals surface area contributed by atoms with Gasteiger partial charge in [0.15, 0.2) is 5.82 Å². The molecule has 1 unspecified atom stereocenters. The van der Waals surface area contributed by atoms with Crippen molar-refractivity contribution in [2.24, 2.45) is 0 Å². The summed E-state index contributed by atoms with van der Waals surface area (Å²) in [6.07, 6.45) is 0. The van der Waals surface area contributed by atoms with Crippen LogP contribution in [0, 0.1) is 12.7 Å². The maximum Gasteiger partial charge on any atom is 0.277 e. The van der Waals surface area contributed by atoms with Gasteiger partial charge in [-0.25, -0.2) is 4.39 Å². The van der Waals surface area contributed by atoms with E-state index in [0.717, 1.165) is 22.4 Å². The third kappa shape index (κ3) is 3.52. The SMILES string of the molecule is Cc1ccc(Cl)cc1C1c2c(C(C)C)nn(C(C)(C)C)c2C(=O)N1c1cccc(Cl)c1F. The van der Waals surface area contributed by atoms with Crippen molar-refractivity contribution in [3.8, 4) is 0 Å². The number of rotatable bonds is 3. The summed E-state index contributed by atoms with van der Waals surface area (Å²) in [5.41, 5.74) is 3.57. The van der Waals surface area contributed by atoms with E-state index in [9.17, 15) is 4.79 Å². The van der Waals surface area contributed by atoms with Crippen molar-refractivity contribution in [3.05, 3.63) is 80.3 Å². The van der Waals surface area contributed by atoms with Gasteiger partial charge < -0.3 is 0 Å². The van der Waals surface area contributed by atoms with Crippen LogP contribution in [0.15, 0.2) is 36.4 Å². The molecule has 0 saturated heterocycles. The second-order valence-electron chi connectivity index (χ2n) is 9.54. The molecular formula is C25H26Cl2FN3O. The minimum Gasteiger partial charge on any atom is -0.292 e. The van der Waals surface area contributed by atoms with Crippen LogP contribution in [0.5, 0.6) is 0 Å². The molecule has 4 rings (SSSR count). The summed E-state index contributed by atoms with van der Waals surface area (Å²) < 4.78 is 17.0. The molecule has 7 heteroatoms. The number of nitrogens with zero attached hydrogens (tertiary/aromatic N) is 3. The lowest BCUT2D eigenvalue weighted by Crippen LogP contribution is -2.34. The molecule has 0 spiro atoms. The Kier molecular flexibility index (Phi) is 5.62. The molecule has 4 nitrogen and oxygen atoms in total. The predicted molar refractivity (Wildman–Crippen MR) is 128 cm³/mol. The highest BCUT2D eigenvalue weighted by Crippen LogP contribution is 2.48. The van der Waals surface area contributed by atoms with Crippen LogP contribution in [0.2, 0.25) is 10.0 Å². The maximum atomic E-state index is 15.2. The molecule has 2 heterocycles. The average molecular weight is 474 g/mol. The first-order chi connectivity index (χ1) is 14.9. The normalized spacial score (nSPS) is 16.2. The van der Waals surface area contributed by atoms with Gasteiger partial charge in [0.05, 0.1) is 28.0 Å². The second kappa shape index (κ2) is 7.89. The number of carbonyl (C=O) groups excluding carboxylic acids is 1. The number of halogens is 3. The van der Waals surface area contributed by atoms with Gasteiger partial charge in [-0.15, -0.1) is 0 Å². The Hall–Kier alpha value is -2.37. The number of amides is 1. The van der Waals surface area contributed by atoms with Crippen LogP contribution in [-0.2, 0) is 5.54 Å². The van der Waals surface area contributed by atoms with Crippen LogP contribution < -0.4 is 4.90 Å². The second-order valence-corrected chi connectivity index (χ2v) is 10.4. The zero-order valence-corrected chi connectivity index (χ0v) is 20.5. The monoisotopic (exact) mass is 473 g/mol. The minimum atomic E-state index is -0.626. The highest BCUT2D eigenvalue weighted by Gasteiger charge is 2.47. The van der Waals surface area contributed by atoms with Gasteiger partial charge in [0.2, 0.25) is 0 Å². The molecule has 1 aliphatic heterocycles. The summed E-state index contributed by atoms with van der Waals surface area (Å²) in [5.74, 6) is -0.870. The molecule has 32 heavy (non-hydrogen) atoms. The van der Waals surface area contributed by atoms with Gasteiger partial charge in [-0.05, 0) is 69.0 Å². The van der Waals surface area contributed by atoms with Gasteiger partial charge in [0, 0.05) is 10.6 Å². The van der Waals surface area contributed by atoms with Crippen LogP contribution in [0.3, 0.4) is 0 Å². The first-order valence-corrected chi connectivity index (χ1v) is 11.4. The Morgan fingerprint density at radius 1 is 1.12 bits per heavy atom. The van der Waals surface area contributed by atoms with E-state index in [1.165, 1.54) is 11.0 Å². The van der Waals surface area contributed by atoms with E-state index in [4.69, 9.17) is 28.3 Å². The van der Waals surface area contributed by atoms with E-state index in [-0.39, 0.29) is 22.5 Å². The Morgan fingerprint density at radius 3 is 2.44 bits per heavy atom. The molecule has 1 atom stereocenters. The highest BCUT2D eigenvalue weighted by molar-refractivity contribution is 6.31. The first-order valence-electron chi connectivity index (χ1n) is 10.6. The van der Waals surface area contributed by atoms with Crippen molar-refractivity contribution in [2.45, 2.75) is 59.0 Å². The van der Waals surface area contributed by atoms with E-state index in [0.29, 0.717) is 10.7 Å². The van der Waals surface area contributed by atoms with Crippen molar-refractivity contribution in [2.75, 3.05) is 4.90 Å². The first kappa shape index (κ1) is 22.8. The smallest absolute Gasteiger partial charge is 0.277 e. The van der Waals surface area contributed by atoms with Crippen molar-refractivity contribution in [3.63, 3.8) is 0 Å². The largest absolute Gasteiger partial charge is 0.292 e. The van der Waals surface area contributed by atoms with Gasteiger partial charge in [0.1, 0.15) is 5.69 Å². The van der Waals surface area contributed by atoms with Gasteiger partial charge in [-0.2, -0.15) is 5.10 Å². The Balaban J connectivity index is 2.10. The molecule has 1 aromatic heterocycles. The summed E-state index contributed by atoms with van der Waals surface area (Å²) in [7, 11) is 0. The van der Waals surface area contributed by atoms with Gasteiger partial charge in [-0.1, -0.05) is 49.2 Å². The van der Waals surface area contributed by atoms with Crippen molar-refractivity contribution in [1.82, 2.24) is 9.78 Å². The van der Waals surface area contributed by atoms with Crippen molar-refractivity contribution >= 4 is 34.8 Å². The molecule has 0 bridgehead atoms. The Morgan fingerprint density at radius 2 is 1.81 bits per heavy atom. The van der Waals surface area contributed by atoms with E-state index in [1.54, 1.807) is 16.8 Å². The number of hydrogen-bond acceptors (Lipinski definition) is 2. The lowest BCUT2D eigenvalue weighted by molar-refractivity contribution is 0.0975. The van der Waals surface area contributed by atoms with Crippen molar-refractivity contribution in [1.29, 1.82) is 0 Å². The molecule has 1 amide bonds. The summed E-state index contributed by atoms with van der Waals surface area (Å²) in [6.45, 7) is 12.1. The van der Waals surface area contributed by atoms with Crippen LogP contribution in [-0.4, -0.2) is 15.7 Å². The van der Waals surface area contributed by atoms with E-state index < -0.39 is 17.4 Å². The molecule has 1 aliphatic rings. The van der Waals surface area contributed by atoms with Crippen molar-refractivity contribution < 1.29 is 9.18 Å². The van der Waals surface area contributed by atoms with Gasteiger partial charge in [0.25, 0.3) is 5.91 Å². The van der Waals surface area contributed by atoms with E-state index in [2.05, 4.69) is 0 Å². The minimum absolute atomic E-state index is 0.0330. The number of hydrogen-bond donors (Lipinski definition) is 0. The van der Waals surface area contributed by atoms with Crippen LogP contribution in [0.25, 0.3) is 0 Å². The fourth-order valence-electron chi connectivity index (χ4n) is 4.32. The predicted octanol–water partition coefficient (Wildman–Crippen LogP) is 7.27. The van der Waals surface area contributed by atoms with Crippen LogP contribution in [0.1, 0.15) is 79.5 Å². The summed E-state index contributed by atoms with van der Waals surface area (Å²) in [5, 5.41) is 5.38. The highest BCUT2D eigenvalue weighted by atomic mass is 35.5.